The molecule has 0 fully saturated rings. The van der Waals surface area contributed by atoms with Gasteiger partial charge in [0, 0.05) is 11.6 Å². The second-order valence-electron chi connectivity index (χ2n) is 7.19. The van der Waals surface area contributed by atoms with Crippen LogP contribution in [0.15, 0.2) is 77.6 Å². The Morgan fingerprint density at radius 3 is 2.47 bits per heavy atom. The van der Waals surface area contributed by atoms with Crippen LogP contribution < -0.4 is 10.9 Å². The molecule has 3 aromatic carbocycles. The SMILES string of the molecule is CCOC(=O)c1nn(-c2ccc(C)cc2)c(=O)cc1NC(=O)c1cccc2ccccc12. The van der Waals surface area contributed by atoms with Crippen molar-refractivity contribution in [3.8, 4) is 5.69 Å². The van der Waals surface area contributed by atoms with E-state index in [1.54, 1.807) is 31.2 Å². The van der Waals surface area contributed by atoms with E-state index in [1.165, 1.54) is 6.07 Å². The number of nitrogens with one attached hydrogen (secondary N) is 1. The van der Waals surface area contributed by atoms with E-state index in [9.17, 15) is 14.4 Å². The van der Waals surface area contributed by atoms with Crippen molar-refractivity contribution in [1.29, 1.82) is 0 Å². The molecule has 4 aromatic rings. The van der Waals surface area contributed by atoms with E-state index in [1.807, 2.05) is 49.4 Å². The summed E-state index contributed by atoms with van der Waals surface area (Å²) < 4.78 is 6.22. The molecule has 4 rings (SSSR count). The van der Waals surface area contributed by atoms with E-state index in [0.717, 1.165) is 21.0 Å². The molecule has 0 bridgehead atoms. The van der Waals surface area contributed by atoms with Crippen LogP contribution in [0.4, 0.5) is 5.69 Å². The molecule has 1 aromatic heterocycles. The lowest BCUT2D eigenvalue weighted by atomic mass is 10.0. The zero-order valence-corrected chi connectivity index (χ0v) is 17.7. The predicted molar refractivity (Wildman–Crippen MR) is 122 cm³/mol. The number of benzene rings is 3. The van der Waals surface area contributed by atoms with Crippen LogP contribution in [0.1, 0.15) is 33.3 Å². The summed E-state index contributed by atoms with van der Waals surface area (Å²) >= 11 is 0. The summed E-state index contributed by atoms with van der Waals surface area (Å²) in [6, 6.07) is 21.1. The minimum atomic E-state index is -0.735. The molecule has 0 saturated carbocycles. The van der Waals surface area contributed by atoms with Gasteiger partial charge in [-0.1, -0.05) is 54.1 Å². The van der Waals surface area contributed by atoms with Gasteiger partial charge in [-0.05, 0) is 42.8 Å². The molecule has 7 nitrogen and oxygen atoms in total. The number of anilines is 1. The van der Waals surface area contributed by atoms with Crippen molar-refractivity contribution in [2.75, 3.05) is 11.9 Å². The number of amides is 1. The maximum Gasteiger partial charge on any atom is 0.360 e. The second kappa shape index (κ2) is 8.85. The Hall–Kier alpha value is -4.26. The second-order valence-corrected chi connectivity index (χ2v) is 7.19. The average molecular weight is 427 g/mol. The van der Waals surface area contributed by atoms with Crippen LogP contribution in [0, 0.1) is 6.92 Å². The van der Waals surface area contributed by atoms with Crippen LogP contribution in [0.2, 0.25) is 0 Å². The topological polar surface area (TPSA) is 90.3 Å². The monoisotopic (exact) mass is 427 g/mol. The fourth-order valence-corrected chi connectivity index (χ4v) is 3.39. The smallest absolute Gasteiger partial charge is 0.360 e. The average Bonchev–Trinajstić information content (AvgIpc) is 2.79. The van der Waals surface area contributed by atoms with Gasteiger partial charge in [0.1, 0.15) is 0 Å². The molecule has 0 unspecified atom stereocenters. The van der Waals surface area contributed by atoms with Crippen molar-refractivity contribution in [3.05, 3.63) is 100.0 Å². The number of carbonyl (C=O) groups excluding carboxylic acids is 2. The number of esters is 1. The zero-order chi connectivity index (χ0) is 22.7. The molecule has 1 heterocycles. The molecule has 7 heteroatoms. The lowest BCUT2D eigenvalue weighted by Crippen LogP contribution is -2.27. The van der Waals surface area contributed by atoms with Gasteiger partial charge in [-0.2, -0.15) is 9.78 Å². The first-order valence-corrected chi connectivity index (χ1v) is 10.2. The molecule has 0 atom stereocenters. The van der Waals surface area contributed by atoms with Gasteiger partial charge in [0.25, 0.3) is 11.5 Å². The first kappa shape index (κ1) is 21.0. The number of carbonyl (C=O) groups is 2. The maximum atomic E-state index is 13.1. The van der Waals surface area contributed by atoms with Crippen molar-refractivity contribution in [1.82, 2.24) is 9.78 Å². The van der Waals surface area contributed by atoms with E-state index >= 15 is 0 Å². The molecular weight excluding hydrogens is 406 g/mol. The third-order valence-corrected chi connectivity index (χ3v) is 4.96. The Balaban J connectivity index is 1.78. The van der Waals surface area contributed by atoms with Gasteiger partial charge in [-0.3, -0.25) is 9.59 Å². The van der Waals surface area contributed by atoms with Crippen LogP contribution >= 0.6 is 0 Å². The molecule has 0 radical (unpaired) electrons. The fourth-order valence-electron chi connectivity index (χ4n) is 3.39. The van der Waals surface area contributed by atoms with Gasteiger partial charge in [0.05, 0.1) is 18.0 Å². The summed E-state index contributed by atoms with van der Waals surface area (Å²) in [4.78, 5) is 38.4. The Morgan fingerprint density at radius 2 is 1.72 bits per heavy atom. The Kier molecular flexibility index (Phi) is 5.81. The molecule has 0 saturated heterocycles. The number of hydrogen-bond acceptors (Lipinski definition) is 5. The summed E-state index contributed by atoms with van der Waals surface area (Å²) in [6.45, 7) is 3.72. The third-order valence-electron chi connectivity index (χ3n) is 4.96. The fraction of sp³-hybridized carbons (Fsp3) is 0.120. The van der Waals surface area contributed by atoms with Gasteiger partial charge >= 0.3 is 5.97 Å². The van der Waals surface area contributed by atoms with Crippen LogP contribution in [0.3, 0.4) is 0 Å². The van der Waals surface area contributed by atoms with E-state index in [0.29, 0.717) is 11.3 Å². The molecule has 160 valence electrons. The van der Waals surface area contributed by atoms with Crippen molar-refractivity contribution in [2.24, 2.45) is 0 Å². The molecule has 0 aliphatic rings. The minimum absolute atomic E-state index is 0.00486. The van der Waals surface area contributed by atoms with Crippen LogP contribution in [-0.2, 0) is 4.74 Å². The normalized spacial score (nSPS) is 10.7. The highest BCUT2D eigenvalue weighted by Crippen LogP contribution is 2.21. The molecule has 1 N–H and O–H groups in total. The maximum absolute atomic E-state index is 13.1. The lowest BCUT2D eigenvalue weighted by molar-refractivity contribution is 0.0518. The Morgan fingerprint density at radius 1 is 1.00 bits per heavy atom. The highest BCUT2D eigenvalue weighted by Gasteiger charge is 2.21. The van der Waals surface area contributed by atoms with Gasteiger partial charge in [-0.25, -0.2) is 4.79 Å². The van der Waals surface area contributed by atoms with Crippen LogP contribution in [-0.4, -0.2) is 28.3 Å². The van der Waals surface area contributed by atoms with Crippen LogP contribution in [0.5, 0.6) is 0 Å². The van der Waals surface area contributed by atoms with Crippen molar-refractivity contribution in [3.63, 3.8) is 0 Å². The quantitative estimate of drug-likeness (QED) is 0.484. The van der Waals surface area contributed by atoms with E-state index in [4.69, 9.17) is 4.74 Å². The van der Waals surface area contributed by atoms with Crippen LogP contribution in [0.25, 0.3) is 16.5 Å². The Bertz CT molecular complexity index is 1370. The van der Waals surface area contributed by atoms with Gasteiger partial charge in [-0.15, -0.1) is 0 Å². The molecule has 0 aliphatic heterocycles. The van der Waals surface area contributed by atoms with Crippen molar-refractivity contribution in [2.45, 2.75) is 13.8 Å². The molecule has 0 spiro atoms. The summed E-state index contributed by atoms with van der Waals surface area (Å²) in [7, 11) is 0. The van der Waals surface area contributed by atoms with E-state index < -0.39 is 17.4 Å². The van der Waals surface area contributed by atoms with E-state index in [-0.39, 0.29) is 18.0 Å². The highest BCUT2D eigenvalue weighted by molar-refractivity contribution is 6.14. The van der Waals surface area contributed by atoms with Gasteiger partial charge in [0.2, 0.25) is 0 Å². The number of aromatic nitrogens is 2. The summed E-state index contributed by atoms with van der Waals surface area (Å²) in [5, 5.41) is 8.54. The van der Waals surface area contributed by atoms with Crippen molar-refractivity contribution < 1.29 is 14.3 Å². The minimum Gasteiger partial charge on any atom is -0.461 e. The number of hydrogen-bond donors (Lipinski definition) is 1. The molecule has 0 aliphatic carbocycles. The van der Waals surface area contributed by atoms with Gasteiger partial charge < -0.3 is 10.1 Å². The summed E-state index contributed by atoms with van der Waals surface area (Å²) in [5.41, 5.74) is 1.29. The van der Waals surface area contributed by atoms with Crippen molar-refractivity contribution >= 4 is 28.3 Å². The lowest BCUT2D eigenvalue weighted by Gasteiger charge is -2.13. The number of rotatable bonds is 5. The zero-order valence-electron chi connectivity index (χ0n) is 17.7. The largest absolute Gasteiger partial charge is 0.461 e. The number of aryl methyl sites for hydroxylation is 1. The molecule has 32 heavy (non-hydrogen) atoms. The first-order chi connectivity index (χ1) is 15.5. The first-order valence-electron chi connectivity index (χ1n) is 10.2. The van der Waals surface area contributed by atoms with Gasteiger partial charge in [0.15, 0.2) is 5.69 Å². The number of nitrogens with zero attached hydrogens (tertiary/aromatic N) is 2. The number of ether oxygens (including phenoxy) is 1. The number of fused-ring (bicyclic) bond motifs is 1. The highest BCUT2D eigenvalue weighted by atomic mass is 16.5. The molecule has 1 amide bonds. The summed E-state index contributed by atoms with van der Waals surface area (Å²) in [6.07, 6.45) is 0. The standard InChI is InChI=1S/C25H21N3O4/c1-3-32-25(31)23-21(15-22(29)28(27-23)18-13-11-16(2)12-14-18)26-24(30)20-10-6-8-17-7-4-5-9-19(17)20/h4-15H,3H2,1-2H3,(H,26,30). The third kappa shape index (κ3) is 4.13. The molecular formula is C25H21N3O4. The predicted octanol–water partition coefficient (Wildman–Crippen LogP) is 4.12. The Labute approximate surface area is 184 Å². The van der Waals surface area contributed by atoms with E-state index in [2.05, 4.69) is 10.4 Å². The summed E-state index contributed by atoms with van der Waals surface area (Å²) in [5.74, 6) is -1.19.